The minimum absolute atomic E-state index is 0.449. The normalized spacial score (nSPS) is 11.3. The van der Waals surface area contributed by atoms with E-state index in [0.717, 1.165) is 62.4 Å². The minimum Gasteiger partial charge on any atom is -0.310 e. The molecule has 4 heteroatoms. The predicted molar refractivity (Wildman–Crippen MR) is 259 cm³/mol. The number of fused-ring (bicyclic) bond motifs is 3. The van der Waals surface area contributed by atoms with Gasteiger partial charge in [0, 0.05) is 67.6 Å². The predicted octanol–water partition coefficient (Wildman–Crippen LogP) is 16.3. The number of anilines is 9. The molecular weight excluding hydrogens is 741 g/mol. The van der Waals surface area contributed by atoms with Gasteiger partial charge in [-0.3, -0.25) is 0 Å². The Morgan fingerprint density at radius 1 is 0.295 bits per heavy atom. The third-order valence-corrected chi connectivity index (χ3v) is 11.5. The molecule has 61 heavy (non-hydrogen) atoms. The van der Waals surface area contributed by atoms with Crippen LogP contribution in [0.15, 0.2) is 237 Å². The lowest BCUT2D eigenvalue weighted by molar-refractivity contribution is 0.866. The van der Waals surface area contributed by atoms with E-state index in [1.807, 2.05) is 0 Å². The molecule has 0 aliphatic carbocycles. The molecule has 0 saturated carbocycles. The van der Waals surface area contributed by atoms with Crippen LogP contribution in [0.4, 0.5) is 51.2 Å². The number of hydrogen-bond donors (Lipinski definition) is 0. The van der Waals surface area contributed by atoms with Crippen LogP contribution in [0.25, 0.3) is 27.5 Å². The molecule has 4 nitrogen and oxygen atoms in total. The van der Waals surface area contributed by atoms with E-state index < -0.39 is 0 Å². The molecule has 0 amide bonds. The van der Waals surface area contributed by atoms with Crippen LogP contribution in [-0.2, 0) is 0 Å². The van der Waals surface area contributed by atoms with Crippen LogP contribution in [-0.4, -0.2) is 4.57 Å². The molecule has 0 aliphatic heterocycles. The quantitative estimate of drug-likeness (QED) is 0.130. The first-order valence-corrected chi connectivity index (χ1v) is 21.0. The summed E-state index contributed by atoms with van der Waals surface area (Å²) in [5.41, 5.74) is 14.4. The third kappa shape index (κ3) is 7.30. The molecule has 0 spiro atoms. The standard InChI is InChI=1S/C57H46N4/c1-42(2)43-33-35-48(36-34-43)59(46-23-11-5-12-24-46)50-28-18-30-52(40-50)60(51-29-17-27-49(39-51)58(44-19-7-3-8-20-44)45-21-9-4-10-22-45)53-37-38-55-54-31-15-16-32-56(54)61(57(55)41-53)47-25-13-6-14-26-47/h3-42H,1-2H3. The van der Waals surface area contributed by atoms with Crippen molar-refractivity contribution in [3.63, 3.8) is 0 Å². The number of hydrogen-bond acceptors (Lipinski definition) is 3. The molecule has 0 unspecified atom stereocenters. The Hall–Kier alpha value is -7.82. The highest BCUT2D eigenvalue weighted by Crippen LogP contribution is 2.44. The minimum atomic E-state index is 0.449. The summed E-state index contributed by atoms with van der Waals surface area (Å²) in [5.74, 6) is 0.449. The lowest BCUT2D eigenvalue weighted by Crippen LogP contribution is -2.14. The second-order valence-electron chi connectivity index (χ2n) is 15.7. The van der Waals surface area contributed by atoms with Crippen LogP contribution in [0.2, 0.25) is 0 Å². The number of para-hydroxylation sites is 5. The molecule has 0 atom stereocenters. The average molecular weight is 787 g/mol. The first-order valence-electron chi connectivity index (χ1n) is 21.0. The van der Waals surface area contributed by atoms with E-state index in [1.165, 1.54) is 21.9 Å². The molecule has 0 aliphatic rings. The highest BCUT2D eigenvalue weighted by molar-refractivity contribution is 6.10. The molecule has 0 saturated heterocycles. The van der Waals surface area contributed by atoms with Crippen LogP contribution >= 0.6 is 0 Å². The molecule has 1 heterocycles. The van der Waals surface area contributed by atoms with Crippen LogP contribution < -0.4 is 14.7 Å². The van der Waals surface area contributed by atoms with Crippen molar-refractivity contribution >= 4 is 73.0 Å². The monoisotopic (exact) mass is 786 g/mol. The lowest BCUT2D eigenvalue weighted by atomic mass is 10.0. The van der Waals surface area contributed by atoms with Gasteiger partial charge in [0.15, 0.2) is 0 Å². The molecule has 0 N–H and O–H groups in total. The fourth-order valence-electron chi connectivity index (χ4n) is 8.58. The third-order valence-electron chi connectivity index (χ3n) is 11.5. The summed E-state index contributed by atoms with van der Waals surface area (Å²) in [5, 5.41) is 2.44. The second kappa shape index (κ2) is 16.4. The number of nitrogens with zero attached hydrogens (tertiary/aromatic N) is 4. The maximum absolute atomic E-state index is 2.40. The maximum atomic E-state index is 2.40. The van der Waals surface area contributed by atoms with Gasteiger partial charge >= 0.3 is 0 Å². The summed E-state index contributed by atoms with van der Waals surface area (Å²) in [7, 11) is 0. The Morgan fingerprint density at radius 2 is 0.656 bits per heavy atom. The summed E-state index contributed by atoms with van der Waals surface area (Å²) in [6.45, 7) is 4.49. The zero-order valence-corrected chi connectivity index (χ0v) is 34.4. The number of aromatic nitrogens is 1. The fourth-order valence-corrected chi connectivity index (χ4v) is 8.58. The van der Waals surface area contributed by atoms with Gasteiger partial charge in [-0.15, -0.1) is 0 Å². The van der Waals surface area contributed by atoms with Gasteiger partial charge in [-0.2, -0.15) is 0 Å². The van der Waals surface area contributed by atoms with Crippen molar-refractivity contribution < 1.29 is 0 Å². The van der Waals surface area contributed by atoms with E-state index in [-0.39, 0.29) is 0 Å². The van der Waals surface area contributed by atoms with E-state index in [4.69, 9.17) is 0 Å². The summed E-state index contributed by atoms with van der Waals surface area (Å²) in [6.07, 6.45) is 0. The number of rotatable bonds is 11. The van der Waals surface area contributed by atoms with Gasteiger partial charge in [0.1, 0.15) is 0 Å². The summed E-state index contributed by atoms with van der Waals surface area (Å²) >= 11 is 0. The van der Waals surface area contributed by atoms with E-state index in [2.05, 4.69) is 270 Å². The first-order chi connectivity index (χ1) is 30.1. The summed E-state index contributed by atoms with van der Waals surface area (Å²) in [4.78, 5) is 7.08. The van der Waals surface area contributed by atoms with Gasteiger partial charge < -0.3 is 19.3 Å². The average Bonchev–Trinajstić information content (AvgIpc) is 3.65. The Bertz CT molecular complexity index is 3010. The highest BCUT2D eigenvalue weighted by Gasteiger charge is 2.21. The molecule has 1 aromatic heterocycles. The van der Waals surface area contributed by atoms with Crippen molar-refractivity contribution in [1.29, 1.82) is 0 Å². The molecule has 294 valence electrons. The van der Waals surface area contributed by atoms with Gasteiger partial charge in [-0.05, 0) is 127 Å². The molecule has 0 radical (unpaired) electrons. The van der Waals surface area contributed by atoms with E-state index in [0.29, 0.717) is 5.92 Å². The van der Waals surface area contributed by atoms with Crippen molar-refractivity contribution in [3.05, 3.63) is 242 Å². The highest BCUT2D eigenvalue weighted by atomic mass is 15.2. The second-order valence-corrected chi connectivity index (χ2v) is 15.7. The Morgan fingerprint density at radius 3 is 1.15 bits per heavy atom. The van der Waals surface area contributed by atoms with Gasteiger partial charge in [-0.25, -0.2) is 0 Å². The zero-order chi connectivity index (χ0) is 41.1. The van der Waals surface area contributed by atoms with Gasteiger partial charge in [0.2, 0.25) is 0 Å². The largest absolute Gasteiger partial charge is 0.310 e. The molecule has 0 bridgehead atoms. The van der Waals surface area contributed by atoms with Crippen LogP contribution in [0.5, 0.6) is 0 Å². The topological polar surface area (TPSA) is 14.7 Å². The van der Waals surface area contributed by atoms with Crippen molar-refractivity contribution in [2.24, 2.45) is 0 Å². The number of benzene rings is 9. The summed E-state index contributed by atoms with van der Waals surface area (Å²) in [6, 6.07) is 85.0. The fraction of sp³-hybridized carbons (Fsp3) is 0.0526. The van der Waals surface area contributed by atoms with E-state index >= 15 is 0 Å². The molecular formula is C57H46N4. The van der Waals surface area contributed by atoms with E-state index in [1.54, 1.807) is 0 Å². The molecule has 10 rings (SSSR count). The Kier molecular flexibility index (Phi) is 10.1. The van der Waals surface area contributed by atoms with Gasteiger partial charge in [0.25, 0.3) is 0 Å². The lowest BCUT2D eigenvalue weighted by Gasteiger charge is -2.31. The van der Waals surface area contributed by atoms with Crippen LogP contribution in [0.1, 0.15) is 25.3 Å². The smallest absolute Gasteiger partial charge is 0.0561 e. The maximum Gasteiger partial charge on any atom is 0.0561 e. The SMILES string of the molecule is CC(C)c1ccc(N(c2ccccc2)c2cccc(N(c3cccc(N(c4ccccc4)c4ccccc4)c3)c3ccc4c5ccccc5n(-c5ccccc5)c4c3)c2)cc1. The van der Waals surface area contributed by atoms with Crippen molar-refractivity contribution in [1.82, 2.24) is 4.57 Å². The zero-order valence-electron chi connectivity index (χ0n) is 34.4. The Balaban J connectivity index is 1.19. The van der Waals surface area contributed by atoms with Crippen molar-refractivity contribution in [3.8, 4) is 5.69 Å². The summed E-state index contributed by atoms with van der Waals surface area (Å²) < 4.78 is 2.39. The Labute approximate surface area is 358 Å². The molecule has 10 aromatic rings. The van der Waals surface area contributed by atoms with Gasteiger partial charge in [-0.1, -0.05) is 135 Å². The van der Waals surface area contributed by atoms with Crippen molar-refractivity contribution in [2.75, 3.05) is 14.7 Å². The molecule has 9 aromatic carbocycles. The van der Waals surface area contributed by atoms with Crippen molar-refractivity contribution in [2.45, 2.75) is 19.8 Å². The van der Waals surface area contributed by atoms with Crippen LogP contribution in [0.3, 0.4) is 0 Å². The molecule has 0 fully saturated rings. The van der Waals surface area contributed by atoms with E-state index in [9.17, 15) is 0 Å². The van der Waals surface area contributed by atoms with Gasteiger partial charge in [0.05, 0.1) is 11.0 Å². The first kappa shape index (κ1) is 37.5. The van der Waals surface area contributed by atoms with Crippen LogP contribution in [0, 0.1) is 0 Å².